The van der Waals surface area contributed by atoms with Gasteiger partial charge in [0.05, 0.1) is 11.0 Å². The molecule has 0 bridgehead atoms. The summed E-state index contributed by atoms with van der Waals surface area (Å²) in [5.74, 6) is 1.71. The first-order valence-corrected chi connectivity index (χ1v) is 9.86. The Balaban J connectivity index is 1.89. The molecule has 0 aliphatic carbocycles. The Bertz CT molecular complexity index is 834. The van der Waals surface area contributed by atoms with Crippen LogP contribution in [-0.4, -0.2) is 25.8 Å². The van der Waals surface area contributed by atoms with Crippen molar-refractivity contribution in [1.82, 2.24) is 14.8 Å². The number of hydrogen-bond donors (Lipinski definition) is 0. The van der Waals surface area contributed by atoms with Gasteiger partial charge in [-0.25, -0.2) is 0 Å². The van der Waals surface area contributed by atoms with Gasteiger partial charge in [-0.1, -0.05) is 48.2 Å². The van der Waals surface area contributed by atoms with E-state index in [4.69, 9.17) is 0 Å². The first-order chi connectivity index (χ1) is 12.1. The molecule has 3 aromatic rings. The molecule has 0 saturated heterocycles. The zero-order chi connectivity index (χ0) is 17.6. The number of ketones is 1. The smallest absolute Gasteiger partial charge is 0.196 e. The van der Waals surface area contributed by atoms with Crippen LogP contribution in [0.4, 0.5) is 0 Å². The van der Waals surface area contributed by atoms with Gasteiger partial charge in [-0.3, -0.25) is 9.36 Å². The SMILES string of the molecule is CC(=O)C(C)Sc1nnc(CSc2ccccc2)n1-c1ccccc1. The van der Waals surface area contributed by atoms with Gasteiger partial charge in [0.15, 0.2) is 5.16 Å². The van der Waals surface area contributed by atoms with Crippen molar-refractivity contribution < 1.29 is 4.79 Å². The first-order valence-electron chi connectivity index (χ1n) is 8.00. The highest BCUT2D eigenvalue weighted by molar-refractivity contribution is 8.00. The molecule has 0 amide bonds. The van der Waals surface area contributed by atoms with Gasteiger partial charge >= 0.3 is 0 Å². The lowest BCUT2D eigenvalue weighted by Gasteiger charge is -2.12. The molecule has 128 valence electrons. The summed E-state index contributed by atoms with van der Waals surface area (Å²) in [5.41, 5.74) is 1.01. The Morgan fingerprint density at radius 1 is 1.04 bits per heavy atom. The summed E-state index contributed by atoms with van der Waals surface area (Å²) < 4.78 is 2.04. The van der Waals surface area contributed by atoms with Crippen LogP contribution in [0.1, 0.15) is 19.7 Å². The van der Waals surface area contributed by atoms with Gasteiger partial charge in [0.1, 0.15) is 11.6 Å². The molecule has 25 heavy (non-hydrogen) atoms. The van der Waals surface area contributed by atoms with E-state index in [2.05, 4.69) is 22.3 Å². The van der Waals surface area contributed by atoms with Gasteiger partial charge in [-0.2, -0.15) is 0 Å². The second-order valence-electron chi connectivity index (χ2n) is 5.54. The van der Waals surface area contributed by atoms with Crippen molar-refractivity contribution in [2.75, 3.05) is 0 Å². The third kappa shape index (κ3) is 4.52. The lowest BCUT2D eigenvalue weighted by molar-refractivity contribution is -0.116. The zero-order valence-electron chi connectivity index (χ0n) is 14.1. The number of hydrogen-bond acceptors (Lipinski definition) is 5. The van der Waals surface area contributed by atoms with Crippen molar-refractivity contribution >= 4 is 29.3 Å². The lowest BCUT2D eigenvalue weighted by atomic mass is 10.3. The molecule has 1 heterocycles. The maximum absolute atomic E-state index is 11.6. The minimum absolute atomic E-state index is 0.132. The van der Waals surface area contributed by atoms with Gasteiger partial charge in [-0.15, -0.1) is 22.0 Å². The molecule has 0 saturated carbocycles. The van der Waals surface area contributed by atoms with Crippen LogP contribution in [0.15, 0.2) is 70.7 Å². The van der Waals surface area contributed by atoms with Crippen LogP contribution in [0.3, 0.4) is 0 Å². The molecule has 0 radical (unpaired) electrons. The maximum atomic E-state index is 11.6. The van der Waals surface area contributed by atoms with Crippen molar-refractivity contribution in [1.29, 1.82) is 0 Å². The molecule has 1 atom stereocenters. The molecule has 1 unspecified atom stereocenters. The Morgan fingerprint density at radius 2 is 1.68 bits per heavy atom. The molecule has 0 N–H and O–H groups in total. The summed E-state index contributed by atoms with van der Waals surface area (Å²) >= 11 is 3.17. The Hall–Kier alpha value is -2.05. The highest BCUT2D eigenvalue weighted by Gasteiger charge is 2.19. The molecule has 3 rings (SSSR count). The summed E-state index contributed by atoms with van der Waals surface area (Å²) in [5, 5.41) is 9.31. The van der Waals surface area contributed by atoms with E-state index in [1.807, 2.05) is 60.0 Å². The third-order valence-corrected chi connectivity index (χ3v) is 5.85. The minimum Gasteiger partial charge on any atom is -0.299 e. The first kappa shape index (κ1) is 17.8. The van der Waals surface area contributed by atoms with Crippen molar-refractivity contribution in [3.63, 3.8) is 0 Å². The molecular formula is C19H19N3OS2. The molecule has 4 nitrogen and oxygen atoms in total. The van der Waals surface area contributed by atoms with Crippen molar-refractivity contribution in [2.45, 2.75) is 34.9 Å². The monoisotopic (exact) mass is 369 g/mol. The van der Waals surface area contributed by atoms with E-state index in [0.717, 1.165) is 16.7 Å². The zero-order valence-corrected chi connectivity index (χ0v) is 15.8. The molecule has 2 aromatic carbocycles. The minimum atomic E-state index is -0.152. The third-order valence-electron chi connectivity index (χ3n) is 3.68. The van der Waals surface area contributed by atoms with Gasteiger partial charge in [0.25, 0.3) is 0 Å². The largest absolute Gasteiger partial charge is 0.299 e. The van der Waals surface area contributed by atoms with Crippen LogP contribution in [0.25, 0.3) is 5.69 Å². The molecule has 0 spiro atoms. The van der Waals surface area contributed by atoms with Gasteiger partial charge in [-0.05, 0) is 38.1 Å². The number of aromatic nitrogens is 3. The fraction of sp³-hybridized carbons (Fsp3) is 0.211. The summed E-state index contributed by atoms with van der Waals surface area (Å²) in [6.07, 6.45) is 0. The number of Topliss-reactive ketones (excluding diaryl/α,β-unsaturated/α-hetero) is 1. The molecule has 0 aliphatic rings. The van der Waals surface area contributed by atoms with Crippen molar-refractivity contribution in [3.05, 3.63) is 66.5 Å². The van der Waals surface area contributed by atoms with E-state index in [1.165, 1.54) is 16.7 Å². The quantitative estimate of drug-likeness (QED) is 0.568. The van der Waals surface area contributed by atoms with Crippen LogP contribution in [0.5, 0.6) is 0 Å². The van der Waals surface area contributed by atoms with Gasteiger partial charge in [0, 0.05) is 10.6 Å². The van der Waals surface area contributed by atoms with Gasteiger partial charge in [0.2, 0.25) is 0 Å². The molecule has 6 heteroatoms. The summed E-state index contributed by atoms with van der Waals surface area (Å²) in [6, 6.07) is 20.3. The fourth-order valence-corrected chi connectivity index (χ4v) is 3.93. The number of thioether (sulfide) groups is 2. The molecule has 0 aliphatic heterocycles. The number of para-hydroxylation sites is 1. The predicted molar refractivity (Wildman–Crippen MR) is 103 cm³/mol. The molecule has 0 fully saturated rings. The summed E-state index contributed by atoms with van der Waals surface area (Å²) in [6.45, 7) is 3.50. The number of carbonyl (C=O) groups is 1. The van der Waals surface area contributed by atoms with Crippen molar-refractivity contribution in [2.24, 2.45) is 0 Å². The van der Waals surface area contributed by atoms with Crippen LogP contribution in [0.2, 0.25) is 0 Å². The topological polar surface area (TPSA) is 47.8 Å². The normalized spacial score (nSPS) is 12.1. The van der Waals surface area contributed by atoms with Crippen LogP contribution in [0, 0.1) is 0 Å². The lowest BCUT2D eigenvalue weighted by Crippen LogP contribution is -2.10. The van der Waals surface area contributed by atoms with E-state index < -0.39 is 0 Å². The standard InChI is InChI=1S/C19H19N3OS2/c1-14(23)15(2)25-19-21-20-18(13-24-17-11-7-4-8-12-17)22(19)16-9-5-3-6-10-16/h3-12,15H,13H2,1-2H3. The Labute approximate surface area is 156 Å². The van der Waals surface area contributed by atoms with Crippen LogP contribution >= 0.6 is 23.5 Å². The highest BCUT2D eigenvalue weighted by Crippen LogP contribution is 2.29. The number of carbonyl (C=O) groups excluding carboxylic acids is 1. The van der Waals surface area contributed by atoms with Crippen LogP contribution < -0.4 is 0 Å². The molecular weight excluding hydrogens is 350 g/mol. The van der Waals surface area contributed by atoms with E-state index in [-0.39, 0.29) is 11.0 Å². The average Bonchev–Trinajstić information content (AvgIpc) is 3.04. The number of benzene rings is 2. The van der Waals surface area contributed by atoms with E-state index in [9.17, 15) is 4.79 Å². The number of nitrogens with zero attached hydrogens (tertiary/aromatic N) is 3. The Morgan fingerprint density at radius 3 is 2.32 bits per heavy atom. The second-order valence-corrected chi connectivity index (χ2v) is 7.90. The van der Waals surface area contributed by atoms with Gasteiger partial charge < -0.3 is 0 Å². The average molecular weight is 370 g/mol. The maximum Gasteiger partial charge on any atom is 0.196 e. The Kier molecular flexibility index (Phi) is 5.94. The summed E-state index contributed by atoms with van der Waals surface area (Å²) in [4.78, 5) is 12.8. The predicted octanol–water partition coefficient (Wildman–Crippen LogP) is 4.63. The second kappa shape index (κ2) is 8.36. The number of rotatable bonds is 7. The fourth-order valence-electron chi connectivity index (χ4n) is 2.21. The summed E-state index contributed by atoms with van der Waals surface area (Å²) in [7, 11) is 0. The highest BCUT2D eigenvalue weighted by atomic mass is 32.2. The van der Waals surface area contributed by atoms with Crippen LogP contribution in [-0.2, 0) is 10.5 Å². The van der Waals surface area contributed by atoms with E-state index in [0.29, 0.717) is 5.75 Å². The van der Waals surface area contributed by atoms with E-state index in [1.54, 1.807) is 18.7 Å². The van der Waals surface area contributed by atoms with E-state index >= 15 is 0 Å². The molecule has 1 aromatic heterocycles. The van der Waals surface area contributed by atoms with Crippen molar-refractivity contribution in [3.8, 4) is 5.69 Å².